The summed E-state index contributed by atoms with van der Waals surface area (Å²) in [5, 5.41) is 14.5. The standard InChI is InChI=1S/C18H25N3O3/c1-13-4-6-14(7-5-13)16-21-15(11-24-16)10-19-17(23)20-12-18(2,3)8-9-22/h4-7,11,22H,8-10,12H2,1-3H3,(H2,19,20,23). The van der Waals surface area contributed by atoms with E-state index in [-0.39, 0.29) is 18.1 Å². The van der Waals surface area contributed by atoms with Crippen molar-refractivity contribution in [2.45, 2.75) is 33.7 Å². The molecule has 6 nitrogen and oxygen atoms in total. The highest BCUT2D eigenvalue weighted by molar-refractivity contribution is 5.73. The quantitative estimate of drug-likeness (QED) is 0.728. The van der Waals surface area contributed by atoms with Gasteiger partial charge >= 0.3 is 6.03 Å². The van der Waals surface area contributed by atoms with Gasteiger partial charge in [-0.25, -0.2) is 9.78 Å². The van der Waals surface area contributed by atoms with Crippen LogP contribution in [0.1, 0.15) is 31.5 Å². The van der Waals surface area contributed by atoms with Gasteiger partial charge in [-0.2, -0.15) is 0 Å². The SMILES string of the molecule is Cc1ccc(-c2nc(CNC(=O)NCC(C)(C)CCO)co2)cc1. The summed E-state index contributed by atoms with van der Waals surface area (Å²) in [7, 11) is 0. The van der Waals surface area contributed by atoms with Crippen molar-refractivity contribution in [3.05, 3.63) is 41.8 Å². The molecule has 0 bridgehead atoms. The smallest absolute Gasteiger partial charge is 0.315 e. The zero-order valence-electron chi connectivity index (χ0n) is 14.4. The Hall–Kier alpha value is -2.34. The molecular formula is C18H25N3O3. The summed E-state index contributed by atoms with van der Waals surface area (Å²) < 4.78 is 5.46. The van der Waals surface area contributed by atoms with E-state index in [2.05, 4.69) is 15.6 Å². The summed E-state index contributed by atoms with van der Waals surface area (Å²) in [6, 6.07) is 7.64. The molecule has 0 saturated heterocycles. The third-order valence-electron chi connectivity index (χ3n) is 3.80. The molecule has 2 aromatic rings. The molecule has 1 heterocycles. The van der Waals surface area contributed by atoms with Gasteiger partial charge in [0.2, 0.25) is 5.89 Å². The first-order chi connectivity index (χ1) is 11.4. The maximum Gasteiger partial charge on any atom is 0.315 e. The molecule has 2 rings (SSSR count). The second-order valence-corrected chi connectivity index (χ2v) is 6.68. The number of nitrogens with zero attached hydrogens (tertiary/aromatic N) is 1. The van der Waals surface area contributed by atoms with E-state index in [4.69, 9.17) is 9.52 Å². The van der Waals surface area contributed by atoms with E-state index in [1.165, 1.54) is 5.56 Å². The van der Waals surface area contributed by atoms with Crippen molar-refractivity contribution in [2.24, 2.45) is 5.41 Å². The van der Waals surface area contributed by atoms with Gasteiger partial charge in [0.05, 0.1) is 12.2 Å². The number of benzene rings is 1. The molecule has 24 heavy (non-hydrogen) atoms. The molecule has 0 atom stereocenters. The average molecular weight is 331 g/mol. The Bertz CT molecular complexity index is 662. The number of hydrogen-bond donors (Lipinski definition) is 3. The van der Waals surface area contributed by atoms with Crippen LogP contribution in [0.15, 0.2) is 34.9 Å². The monoisotopic (exact) mass is 331 g/mol. The lowest BCUT2D eigenvalue weighted by atomic mass is 9.90. The van der Waals surface area contributed by atoms with Crippen LogP contribution in [0, 0.1) is 12.3 Å². The van der Waals surface area contributed by atoms with E-state index in [9.17, 15) is 4.79 Å². The van der Waals surface area contributed by atoms with Crippen LogP contribution in [0.4, 0.5) is 4.79 Å². The molecule has 0 radical (unpaired) electrons. The molecule has 0 unspecified atom stereocenters. The Balaban J connectivity index is 1.82. The predicted octanol–water partition coefficient (Wildman–Crippen LogP) is 2.86. The molecule has 6 heteroatoms. The van der Waals surface area contributed by atoms with Crippen LogP contribution in [-0.4, -0.2) is 29.3 Å². The second kappa shape index (κ2) is 7.97. The van der Waals surface area contributed by atoms with Gasteiger partial charge in [-0.05, 0) is 30.9 Å². The van der Waals surface area contributed by atoms with Crippen LogP contribution in [0.2, 0.25) is 0 Å². The summed E-state index contributed by atoms with van der Waals surface area (Å²) in [6.45, 7) is 6.91. The molecule has 1 aromatic heterocycles. The number of oxazole rings is 1. The highest BCUT2D eigenvalue weighted by Gasteiger charge is 2.18. The zero-order valence-corrected chi connectivity index (χ0v) is 14.4. The van der Waals surface area contributed by atoms with Crippen LogP contribution < -0.4 is 10.6 Å². The Morgan fingerprint density at radius 2 is 1.96 bits per heavy atom. The van der Waals surface area contributed by atoms with Gasteiger partial charge in [0.15, 0.2) is 0 Å². The van der Waals surface area contributed by atoms with E-state index in [0.29, 0.717) is 31.1 Å². The van der Waals surface area contributed by atoms with Crippen molar-refractivity contribution < 1.29 is 14.3 Å². The lowest BCUT2D eigenvalue weighted by Gasteiger charge is -2.23. The fraction of sp³-hybridized carbons (Fsp3) is 0.444. The maximum absolute atomic E-state index is 11.8. The van der Waals surface area contributed by atoms with Gasteiger partial charge in [-0.3, -0.25) is 0 Å². The normalized spacial score (nSPS) is 11.3. The van der Waals surface area contributed by atoms with Crippen molar-refractivity contribution >= 4 is 6.03 Å². The fourth-order valence-electron chi connectivity index (χ4n) is 2.16. The molecule has 130 valence electrons. The van der Waals surface area contributed by atoms with Gasteiger partial charge in [0.25, 0.3) is 0 Å². The number of carbonyl (C=O) groups excluding carboxylic acids is 1. The summed E-state index contributed by atoms with van der Waals surface area (Å²) in [6.07, 6.45) is 2.18. The number of aliphatic hydroxyl groups is 1. The summed E-state index contributed by atoms with van der Waals surface area (Å²) in [5.41, 5.74) is 2.60. The highest BCUT2D eigenvalue weighted by atomic mass is 16.3. The van der Waals surface area contributed by atoms with Gasteiger partial charge < -0.3 is 20.2 Å². The van der Waals surface area contributed by atoms with Crippen molar-refractivity contribution in [3.63, 3.8) is 0 Å². The number of nitrogens with one attached hydrogen (secondary N) is 2. The maximum atomic E-state index is 11.8. The van der Waals surface area contributed by atoms with Crippen LogP contribution in [0.5, 0.6) is 0 Å². The first-order valence-corrected chi connectivity index (χ1v) is 8.04. The largest absolute Gasteiger partial charge is 0.444 e. The van der Waals surface area contributed by atoms with Gasteiger partial charge in [0, 0.05) is 18.7 Å². The fourth-order valence-corrected chi connectivity index (χ4v) is 2.16. The van der Waals surface area contributed by atoms with Crippen molar-refractivity contribution in [1.29, 1.82) is 0 Å². The number of rotatable bonds is 7. The summed E-state index contributed by atoms with van der Waals surface area (Å²) in [5.74, 6) is 0.538. The number of amides is 2. The zero-order chi connectivity index (χ0) is 17.6. The van der Waals surface area contributed by atoms with E-state index < -0.39 is 0 Å². The minimum Gasteiger partial charge on any atom is -0.444 e. The van der Waals surface area contributed by atoms with Crippen LogP contribution >= 0.6 is 0 Å². The van der Waals surface area contributed by atoms with Crippen LogP contribution in [-0.2, 0) is 6.54 Å². The van der Waals surface area contributed by atoms with Crippen LogP contribution in [0.3, 0.4) is 0 Å². The number of aromatic nitrogens is 1. The Labute approximate surface area is 142 Å². The van der Waals surface area contributed by atoms with Crippen molar-refractivity contribution in [3.8, 4) is 11.5 Å². The molecule has 1 aromatic carbocycles. The number of hydrogen-bond acceptors (Lipinski definition) is 4. The number of aryl methyl sites for hydroxylation is 1. The predicted molar refractivity (Wildman–Crippen MR) is 92.4 cm³/mol. The third kappa shape index (κ3) is 5.38. The minimum absolute atomic E-state index is 0.108. The second-order valence-electron chi connectivity index (χ2n) is 6.68. The Morgan fingerprint density at radius 3 is 2.62 bits per heavy atom. The highest BCUT2D eigenvalue weighted by Crippen LogP contribution is 2.19. The lowest BCUT2D eigenvalue weighted by molar-refractivity contribution is 0.201. The molecule has 3 N–H and O–H groups in total. The van der Waals surface area contributed by atoms with E-state index in [0.717, 1.165) is 5.56 Å². The van der Waals surface area contributed by atoms with Gasteiger partial charge in [0.1, 0.15) is 6.26 Å². The van der Waals surface area contributed by atoms with Gasteiger partial charge in [-0.1, -0.05) is 31.5 Å². The molecular weight excluding hydrogens is 306 g/mol. The molecule has 0 aliphatic carbocycles. The molecule has 2 amide bonds. The first kappa shape index (κ1) is 18.0. The Morgan fingerprint density at radius 1 is 1.25 bits per heavy atom. The first-order valence-electron chi connectivity index (χ1n) is 8.04. The van der Waals surface area contributed by atoms with E-state index in [1.54, 1.807) is 6.26 Å². The molecule has 0 aliphatic heterocycles. The number of urea groups is 1. The molecule has 0 fully saturated rings. The summed E-state index contributed by atoms with van der Waals surface area (Å²) >= 11 is 0. The van der Waals surface area contributed by atoms with Crippen molar-refractivity contribution in [2.75, 3.05) is 13.2 Å². The summed E-state index contributed by atoms with van der Waals surface area (Å²) in [4.78, 5) is 16.2. The van der Waals surface area contributed by atoms with Crippen LogP contribution in [0.25, 0.3) is 11.5 Å². The number of aliphatic hydroxyl groups excluding tert-OH is 1. The number of carbonyl (C=O) groups is 1. The topological polar surface area (TPSA) is 87.4 Å². The average Bonchev–Trinajstić information content (AvgIpc) is 3.01. The van der Waals surface area contributed by atoms with Crippen molar-refractivity contribution in [1.82, 2.24) is 15.6 Å². The van der Waals surface area contributed by atoms with E-state index >= 15 is 0 Å². The lowest BCUT2D eigenvalue weighted by Crippen LogP contribution is -2.40. The molecule has 0 aliphatic rings. The third-order valence-corrected chi connectivity index (χ3v) is 3.80. The van der Waals surface area contributed by atoms with Gasteiger partial charge in [-0.15, -0.1) is 0 Å². The Kier molecular flexibility index (Phi) is 5.98. The molecule has 0 saturated carbocycles. The minimum atomic E-state index is -0.263. The molecule has 0 spiro atoms. The van der Waals surface area contributed by atoms with E-state index in [1.807, 2.05) is 45.0 Å².